The lowest BCUT2D eigenvalue weighted by Crippen LogP contribution is -2.59. The van der Waals surface area contributed by atoms with Gasteiger partial charge in [0, 0.05) is 47.7 Å². The number of aliphatic hydroxyl groups excluding tert-OH is 1. The summed E-state index contributed by atoms with van der Waals surface area (Å²) in [6.07, 6.45) is 2.31. The minimum Gasteiger partial charge on any atom is -0.481 e. The largest absolute Gasteiger partial charge is 0.481 e. The van der Waals surface area contributed by atoms with Crippen molar-refractivity contribution in [2.45, 2.75) is 93.1 Å². The average Bonchev–Trinajstić information content (AvgIpc) is 2.99. The van der Waals surface area contributed by atoms with E-state index in [0.717, 1.165) is 0 Å². The molecule has 0 aliphatic heterocycles. The molecular weight excluding hydrogens is 472 g/mol. The minimum absolute atomic E-state index is 0.0717. The molecule has 7 atom stereocenters. The van der Waals surface area contributed by atoms with E-state index >= 15 is 0 Å². The van der Waals surface area contributed by atoms with E-state index in [9.17, 15) is 29.1 Å². The maximum Gasteiger partial charge on any atom is 0.306 e. The van der Waals surface area contributed by atoms with Crippen LogP contribution in [0.4, 0.5) is 0 Å². The second-order valence-corrected chi connectivity index (χ2v) is 13.3. The third-order valence-corrected chi connectivity index (χ3v) is 10.8. The smallest absolute Gasteiger partial charge is 0.306 e. The van der Waals surface area contributed by atoms with Crippen LogP contribution in [0.25, 0.3) is 0 Å². The zero-order valence-electron chi connectivity index (χ0n) is 23.1. The second kappa shape index (κ2) is 8.55. The van der Waals surface area contributed by atoms with Crippen molar-refractivity contribution < 1.29 is 34.2 Å². The van der Waals surface area contributed by atoms with Gasteiger partial charge in [0.15, 0.2) is 17.3 Å². The number of carboxylic acids is 1. The Morgan fingerprint density at radius 1 is 1.00 bits per heavy atom. The summed E-state index contributed by atoms with van der Waals surface area (Å²) in [6, 6.07) is 0. The number of aliphatic carboxylic acids is 1. The van der Waals surface area contributed by atoms with Crippen LogP contribution in [0.3, 0.4) is 0 Å². The van der Waals surface area contributed by atoms with Crippen molar-refractivity contribution in [3.63, 3.8) is 0 Å². The Balaban J connectivity index is 1.76. The first kappa shape index (κ1) is 27.6. The van der Waals surface area contributed by atoms with Gasteiger partial charge in [-0.3, -0.25) is 24.0 Å². The zero-order valence-corrected chi connectivity index (χ0v) is 23.1. The van der Waals surface area contributed by atoms with E-state index in [4.69, 9.17) is 5.11 Å². The van der Waals surface area contributed by atoms with E-state index in [-0.39, 0.29) is 60.7 Å². The standard InChI is InChI=1S/C30H40O7/c1-15(10-17(31)11-16(2)26(36)37)18-12-23(35)30(7)25-19(32)13-21-27(3,4)22(34)8-9-28(21,5)24(25)20(33)14-29(18,30)6/h12,15-16,21-22,34H,8-11,13-14H2,1-7H3,(H,36,37)/t15-,16+,21+,22+,28+,29-,30+/m1/s1. The SMILES string of the molecule is C[C@H](CC(=O)C[C@H](C)C(=O)O)C1=CC(=O)[C@@]2(C)C3=C(C(=O)C[C@]12C)[C@@]1(C)CC[C@H](O)C(C)(C)[C@@H]1CC3=O. The lowest BCUT2D eigenvalue weighted by Gasteiger charge is -2.59. The Morgan fingerprint density at radius 2 is 1.62 bits per heavy atom. The molecule has 0 saturated heterocycles. The van der Waals surface area contributed by atoms with Crippen molar-refractivity contribution in [2.75, 3.05) is 0 Å². The normalized spacial score (nSPS) is 38.4. The molecule has 0 spiro atoms. The predicted molar refractivity (Wildman–Crippen MR) is 136 cm³/mol. The van der Waals surface area contributed by atoms with Crippen molar-refractivity contribution in [1.82, 2.24) is 0 Å². The third kappa shape index (κ3) is 3.67. The first-order valence-electron chi connectivity index (χ1n) is 13.4. The van der Waals surface area contributed by atoms with Gasteiger partial charge in [-0.2, -0.15) is 0 Å². The molecule has 0 unspecified atom stereocenters. The van der Waals surface area contributed by atoms with Gasteiger partial charge in [-0.05, 0) is 43.1 Å². The first-order valence-corrected chi connectivity index (χ1v) is 13.4. The van der Waals surface area contributed by atoms with Crippen molar-refractivity contribution >= 4 is 29.1 Å². The van der Waals surface area contributed by atoms with Crippen LogP contribution >= 0.6 is 0 Å². The highest BCUT2D eigenvalue weighted by Crippen LogP contribution is 2.68. The fraction of sp³-hybridized carbons (Fsp3) is 0.700. The topological polar surface area (TPSA) is 126 Å². The van der Waals surface area contributed by atoms with E-state index < -0.39 is 39.7 Å². The lowest BCUT2D eigenvalue weighted by molar-refractivity contribution is -0.143. The van der Waals surface area contributed by atoms with E-state index in [1.807, 2.05) is 34.6 Å². The van der Waals surface area contributed by atoms with Crippen molar-refractivity contribution in [2.24, 2.45) is 39.4 Å². The number of carboxylic acid groups (broad SMARTS) is 1. The highest BCUT2D eigenvalue weighted by Gasteiger charge is 2.68. The maximum atomic E-state index is 14.0. The van der Waals surface area contributed by atoms with Gasteiger partial charge in [-0.25, -0.2) is 0 Å². The van der Waals surface area contributed by atoms with Gasteiger partial charge in [0.2, 0.25) is 0 Å². The number of fused-ring (bicyclic) bond motifs is 4. The van der Waals surface area contributed by atoms with Gasteiger partial charge in [-0.1, -0.05) is 47.1 Å². The molecule has 4 aliphatic carbocycles. The van der Waals surface area contributed by atoms with Crippen LogP contribution in [0.2, 0.25) is 0 Å². The molecule has 202 valence electrons. The van der Waals surface area contributed by atoms with Gasteiger partial charge in [-0.15, -0.1) is 0 Å². The highest BCUT2D eigenvalue weighted by molar-refractivity contribution is 6.19. The number of aliphatic hydroxyl groups is 1. The fourth-order valence-electron chi connectivity index (χ4n) is 8.27. The summed E-state index contributed by atoms with van der Waals surface area (Å²) in [5.74, 6) is -3.14. The average molecular weight is 513 g/mol. The first-order chi connectivity index (χ1) is 16.9. The van der Waals surface area contributed by atoms with Crippen LogP contribution in [-0.2, 0) is 24.0 Å². The van der Waals surface area contributed by atoms with Crippen molar-refractivity contribution in [3.05, 3.63) is 22.8 Å². The molecule has 0 aromatic heterocycles. The Bertz CT molecular complexity index is 1170. The van der Waals surface area contributed by atoms with Gasteiger partial charge in [0.25, 0.3) is 0 Å². The Kier molecular flexibility index (Phi) is 6.38. The predicted octanol–water partition coefficient (Wildman–Crippen LogP) is 4.26. The third-order valence-electron chi connectivity index (χ3n) is 10.8. The number of hydrogen-bond acceptors (Lipinski definition) is 6. The number of hydrogen-bond donors (Lipinski definition) is 2. The van der Waals surface area contributed by atoms with E-state index in [1.54, 1.807) is 6.92 Å². The van der Waals surface area contributed by atoms with Gasteiger partial charge >= 0.3 is 5.97 Å². The van der Waals surface area contributed by atoms with Crippen LogP contribution in [0.15, 0.2) is 22.8 Å². The van der Waals surface area contributed by atoms with Crippen LogP contribution in [0.5, 0.6) is 0 Å². The van der Waals surface area contributed by atoms with Gasteiger partial charge in [0.05, 0.1) is 17.4 Å². The summed E-state index contributed by atoms with van der Waals surface area (Å²) in [4.78, 5) is 65.5. The Hall–Kier alpha value is -2.41. The van der Waals surface area contributed by atoms with Crippen molar-refractivity contribution in [1.29, 1.82) is 0 Å². The van der Waals surface area contributed by atoms with Crippen LogP contribution in [-0.4, -0.2) is 45.4 Å². The molecule has 37 heavy (non-hydrogen) atoms. The lowest BCUT2D eigenvalue weighted by atomic mass is 9.42. The molecule has 7 nitrogen and oxygen atoms in total. The van der Waals surface area contributed by atoms with Crippen LogP contribution in [0.1, 0.15) is 87.0 Å². The molecule has 4 rings (SSSR count). The van der Waals surface area contributed by atoms with Crippen LogP contribution < -0.4 is 0 Å². The van der Waals surface area contributed by atoms with E-state index in [1.165, 1.54) is 13.0 Å². The van der Waals surface area contributed by atoms with E-state index in [0.29, 0.717) is 29.6 Å². The number of ketones is 4. The summed E-state index contributed by atoms with van der Waals surface area (Å²) >= 11 is 0. The van der Waals surface area contributed by atoms with Crippen LogP contribution in [0, 0.1) is 39.4 Å². The summed E-state index contributed by atoms with van der Waals surface area (Å²) < 4.78 is 0. The quantitative estimate of drug-likeness (QED) is 0.545. The molecule has 0 aromatic rings. The van der Waals surface area contributed by atoms with Gasteiger partial charge in [0.1, 0.15) is 5.78 Å². The van der Waals surface area contributed by atoms with E-state index in [2.05, 4.69) is 0 Å². The molecular formula is C30H40O7. The number of Topliss-reactive ketones (excluding diaryl/α,β-unsaturated/α-hetero) is 3. The molecule has 0 heterocycles. The molecule has 0 radical (unpaired) electrons. The highest BCUT2D eigenvalue weighted by atomic mass is 16.4. The maximum absolute atomic E-state index is 14.0. The number of carbonyl (C=O) groups is 5. The number of allylic oxidation sites excluding steroid dienone is 4. The molecule has 1 fully saturated rings. The summed E-state index contributed by atoms with van der Waals surface area (Å²) in [5, 5.41) is 19.9. The molecule has 0 amide bonds. The zero-order chi connectivity index (χ0) is 27.9. The molecule has 1 saturated carbocycles. The molecule has 2 N–H and O–H groups in total. The number of rotatable bonds is 6. The van der Waals surface area contributed by atoms with Gasteiger partial charge < -0.3 is 10.2 Å². The summed E-state index contributed by atoms with van der Waals surface area (Å²) in [5.41, 5.74) is -1.79. The molecule has 0 aromatic carbocycles. The van der Waals surface area contributed by atoms with Crippen molar-refractivity contribution in [3.8, 4) is 0 Å². The summed E-state index contributed by atoms with van der Waals surface area (Å²) in [6.45, 7) is 12.9. The minimum atomic E-state index is -1.21. The molecule has 0 bridgehead atoms. The summed E-state index contributed by atoms with van der Waals surface area (Å²) in [7, 11) is 0. The Morgan fingerprint density at radius 3 is 2.22 bits per heavy atom. The monoisotopic (exact) mass is 512 g/mol. The molecule has 7 heteroatoms. The second-order valence-electron chi connectivity index (χ2n) is 13.3. The fourth-order valence-corrected chi connectivity index (χ4v) is 8.27. The Labute approximate surface area is 218 Å². The molecule has 4 aliphatic rings. The number of carbonyl (C=O) groups excluding carboxylic acids is 4.